The van der Waals surface area contributed by atoms with Gasteiger partial charge < -0.3 is 9.84 Å². The lowest BCUT2D eigenvalue weighted by Crippen LogP contribution is -2.14. The minimum Gasteiger partial charge on any atom is -0.487 e. The predicted octanol–water partition coefficient (Wildman–Crippen LogP) is 6.85. The number of aromatic carboxylic acids is 1. The van der Waals surface area contributed by atoms with Gasteiger partial charge in [0.1, 0.15) is 23.7 Å². The van der Waals surface area contributed by atoms with Crippen LogP contribution in [-0.2, 0) is 12.8 Å². The van der Waals surface area contributed by atoms with E-state index in [-0.39, 0.29) is 27.0 Å². The van der Waals surface area contributed by atoms with Crippen molar-refractivity contribution in [3.63, 3.8) is 0 Å². The van der Waals surface area contributed by atoms with Crippen molar-refractivity contribution in [3.8, 4) is 22.6 Å². The molecule has 4 aromatic rings. The summed E-state index contributed by atoms with van der Waals surface area (Å²) >= 11 is 12.3. The summed E-state index contributed by atoms with van der Waals surface area (Å²) in [6.45, 7) is 1.30. The summed E-state index contributed by atoms with van der Waals surface area (Å²) in [5, 5.41) is 16.2. The first-order chi connectivity index (χ1) is 16.6. The number of nitrogens with zero attached hydrogens (tertiary/aromatic N) is 3. The molecule has 0 atom stereocenters. The number of para-hydroxylation sites is 1. The van der Waals surface area contributed by atoms with Gasteiger partial charge in [0.2, 0.25) is 0 Å². The Morgan fingerprint density at radius 2 is 1.71 bits per heavy atom. The Labute approximate surface area is 207 Å². The van der Waals surface area contributed by atoms with Gasteiger partial charge in [-0.3, -0.25) is 0 Å². The van der Waals surface area contributed by atoms with Crippen LogP contribution in [-0.4, -0.2) is 26.1 Å². The lowest BCUT2D eigenvalue weighted by atomic mass is 9.99. The Kier molecular flexibility index (Phi) is 6.73. The van der Waals surface area contributed by atoms with Crippen LogP contribution in [0.2, 0.25) is 10.0 Å². The number of hydrogen-bond acceptors (Lipinski definition) is 4. The van der Waals surface area contributed by atoms with Crippen LogP contribution >= 0.6 is 23.2 Å². The number of benzene rings is 3. The van der Waals surface area contributed by atoms with E-state index in [1.165, 1.54) is 24.3 Å². The Balaban J connectivity index is 1.64. The normalized spacial score (nSPS) is 11.5. The van der Waals surface area contributed by atoms with Gasteiger partial charge in [0.25, 0.3) is 0 Å². The molecule has 0 spiro atoms. The number of carbonyl (C=O) groups is 1. The van der Waals surface area contributed by atoms with Crippen LogP contribution in [0.15, 0.2) is 60.7 Å². The van der Waals surface area contributed by atoms with Crippen LogP contribution in [0.1, 0.15) is 27.3 Å². The molecule has 1 N–H and O–H groups in total. The monoisotopic (exact) mass is 521 g/mol. The van der Waals surface area contributed by atoms with Gasteiger partial charge in [-0.05, 0) is 60.0 Å². The van der Waals surface area contributed by atoms with Crippen LogP contribution in [0.5, 0.6) is 5.75 Å². The molecule has 1 heterocycles. The molecule has 4 rings (SSSR count). The number of ether oxygens (including phenoxy) is 1. The van der Waals surface area contributed by atoms with Crippen LogP contribution in [0.25, 0.3) is 16.8 Å². The number of hydrogen-bond donors (Lipinski definition) is 1. The number of halogens is 5. The maximum atomic E-state index is 13.6. The first-order valence-electron chi connectivity index (χ1n) is 10.1. The third kappa shape index (κ3) is 5.11. The van der Waals surface area contributed by atoms with Crippen LogP contribution in [0.4, 0.5) is 13.2 Å². The molecule has 0 aliphatic heterocycles. The maximum Gasteiger partial charge on any atom is 0.437 e. The van der Waals surface area contributed by atoms with E-state index in [9.17, 15) is 18.0 Å². The first-order valence-corrected chi connectivity index (χ1v) is 10.8. The smallest absolute Gasteiger partial charge is 0.437 e. The van der Waals surface area contributed by atoms with Gasteiger partial charge in [-0.1, -0.05) is 52.7 Å². The summed E-state index contributed by atoms with van der Waals surface area (Å²) in [5.41, 5.74) is 1.04. The minimum atomic E-state index is -4.77. The molecule has 0 radical (unpaired) electrons. The van der Waals surface area contributed by atoms with Crippen LogP contribution in [0.3, 0.4) is 0 Å². The predicted molar refractivity (Wildman–Crippen MR) is 124 cm³/mol. The van der Waals surface area contributed by atoms with Crippen molar-refractivity contribution in [3.05, 3.63) is 93.2 Å². The molecule has 0 fully saturated rings. The molecule has 11 heteroatoms. The van der Waals surface area contributed by atoms with Gasteiger partial charge in [0.05, 0.1) is 15.6 Å². The summed E-state index contributed by atoms with van der Waals surface area (Å²) in [6, 6.07) is 15.9. The molecule has 0 aliphatic rings. The highest BCUT2D eigenvalue weighted by Crippen LogP contribution is 2.35. The Bertz CT molecular complexity index is 1380. The van der Waals surface area contributed by atoms with Gasteiger partial charge >= 0.3 is 12.1 Å². The second kappa shape index (κ2) is 9.59. The van der Waals surface area contributed by atoms with E-state index in [4.69, 9.17) is 33.0 Å². The van der Waals surface area contributed by atoms with Crippen molar-refractivity contribution >= 4 is 29.2 Å². The first kappa shape index (κ1) is 24.6. The second-order valence-electron chi connectivity index (χ2n) is 7.51. The third-order valence-electron chi connectivity index (χ3n) is 5.20. The van der Waals surface area contributed by atoms with Gasteiger partial charge in [-0.15, -0.1) is 5.10 Å². The van der Waals surface area contributed by atoms with Crippen molar-refractivity contribution in [2.45, 2.75) is 19.7 Å². The lowest BCUT2D eigenvalue weighted by Gasteiger charge is -2.14. The standard InChI is InChI=1S/C24H16Cl2F3N3O3/c1-13-11-16(9-10-17(13)14-5-7-15(8-6-14)23(33)34)35-12-20-22(24(27,28)29)30-31-32(20)21-18(25)3-2-4-19(21)26/h2-11H,12H2,1H3,(H,33,34). The Hall–Kier alpha value is -3.56. The van der Waals surface area contributed by atoms with Crippen molar-refractivity contribution < 1.29 is 27.8 Å². The molecule has 0 bridgehead atoms. The molecule has 0 amide bonds. The second-order valence-corrected chi connectivity index (χ2v) is 8.33. The van der Waals surface area contributed by atoms with E-state index in [1.807, 2.05) is 6.92 Å². The largest absolute Gasteiger partial charge is 0.487 e. The highest BCUT2D eigenvalue weighted by atomic mass is 35.5. The highest BCUT2D eigenvalue weighted by Gasteiger charge is 2.39. The minimum absolute atomic E-state index is 0.0637. The average molecular weight is 522 g/mol. The number of aromatic nitrogens is 3. The molecular formula is C24H16Cl2F3N3O3. The van der Waals surface area contributed by atoms with Crippen LogP contribution in [0, 0.1) is 6.92 Å². The fourth-order valence-electron chi connectivity index (χ4n) is 3.52. The summed E-state index contributed by atoms with van der Waals surface area (Å²) in [5.74, 6) is -0.707. The molecule has 3 aromatic carbocycles. The Morgan fingerprint density at radius 3 is 2.29 bits per heavy atom. The van der Waals surface area contributed by atoms with E-state index in [0.717, 1.165) is 21.4 Å². The summed E-state index contributed by atoms with van der Waals surface area (Å²) < 4.78 is 47.5. The van der Waals surface area contributed by atoms with Gasteiger partial charge in [0, 0.05) is 0 Å². The van der Waals surface area contributed by atoms with Gasteiger partial charge in [-0.2, -0.15) is 13.2 Å². The molecular weight excluding hydrogens is 506 g/mol. The van der Waals surface area contributed by atoms with E-state index in [1.54, 1.807) is 36.4 Å². The van der Waals surface area contributed by atoms with Crippen molar-refractivity contribution in [2.24, 2.45) is 0 Å². The molecule has 6 nitrogen and oxygen atoms in total. The topological polar surface area (TPSA) is 77.2 Å². The molecule has 1 aromatic heterocycles. The highest BCUT2D eigenvalue weighted by molar-refractivity contribution is 6.37. The summed E-state index contributed by atoms with van der Waals surface area (Å²) in [6.07, 6.45) is -4.77. The average Bonchev–Trinajstić information content (AvgIpc) is 3.22. The number of rotatable bonds is 6. The van der Waals surface area contributed by atoms with Gasteiger partial charge in [-0.25, -0.2) is 9.48 Å². The molecule has 0 unspecified atom stereocenters. The van der Waals surface area contributed by atoms with Crippen molar-refractivity contribution in [1.29, 1.82) is 0 Å². The fourth-order valence-corrected chi connectivity index (χ4v) is 4.07. The Morgan fingerprint density at radius 1 is 1.06 bits per heavy atom. The van der Waals surface area contributed by atoms with Crippen molar-refractivity contribution in [2.75, 3.05) is 0 Å². The maximum absolute atomic E-state index is 13.6. The van der Waals surface area contributed by atoms with Gasteiger partial charge in [0.15, 0.2) is 5.69 Å². The molecule has 0 saturated carbocycles. The molecule has 0 aliphatic carbocycles. The third-order valence-corrected chi connectivity index (χ3v) is 5.81. The van der Waals surface area contributed by atoms with E-state index in [0.29, 0.717) is 5.75 Å². The fraction of sp³-hybridized carbons (Fsp3) is 0.125. The zero-order valence-corrected chi connectivity index (χ0v) is 19.5. The summed E-state index contributed by atoms with van der Waals surface area (Å²) in [4.78, 5) is 11.1. The quantitative estimate of drug-likeness (QED) is 0.300. The number of carboxylic acid groups (broad SMARTS) is 1. The van der Waals surface area contributed by atoms with E-state index >= 15 is 0 Å². The number of alkyl halides is 3. The SMILES string of the molecule is Cc1cc(OCc2c(C(F)(F)F)nnn2-c2c(Cl)cccc2Cl)ccc1-c1ccc(C(=O)O)cc1. The zero-order valence-electron chi connectivity index (χ0n) is 18.0. The molecule has 180 valence electrons. The van der Waals surface area contributed by atoms with E-state index < -0.39 is 24.4 Å². The van der Waals surface area contributed by atoms with Crippen molar-refractivity contribution in [1.82, 2.24) is 15.0 Å². The number of aryl methyl sites for hydroxylation is 1. The molecule has 35 heavy (non-hydrogen) atoms. The number of carboxylic acids is 1. The molecule has 0 saturated heterocycles. The lowest BCUT2D eigenvalue weighted by molar-refractivity contribution is -0.142. The van der Waals surface area contributed by atoms with E-state index in [2.05, 4.69) is 10.3 Å². The van der Waals surface area contributed by atoms with Crippen LogP contribution < -0.4 is 4.74 Å². The zero-order chi connectivity index (χ0) is 25.3. The summed E-state index contributed by atoms with van der Waals surface area (Å²) in [7, 11) is 0.